The van der Waals surface area contributed by atoms with Crippen molar-refractivity contribution in [2.45, 2.75) is 38.5 Å². The maximum Gasteiger partial charge on any atom is 0.161 e. The first-order valence-corrected chi connectivity index (χ1v) is 11.2. The Hall–Kier alpha value is -2.12. The van der Waals surface area contributed by atoms with Gasteiger partial charge in [0.05, 0.1) is 16.1 Å². The van der Waals surface area contributed by atoms with Gasteiger partial charge in [0.1, 0.15) is 12.1 Å². The molecule has 1 aliphatic heterocycles. The molecule has 0 amide bonds. The van der Waals surface area contributed by atoms with Crippen LogP contribution in [0.15, 0.2) is 34.6 Å². The molecule has 0 spiro atoms. The predicted molar refractivity (Wildman–Crippen MR) is 120 cm³/mol. The topological polar surface area (TPSA) is 84.1 Å². The van der Waals surface area contributed by atoms with E-state index >= 15 is 0 Å². The van der Waals surface area contributed by atoms with Crippen molar-refractivity contribution in [1.82, 2.24) is 15.3 Å². The molecule has 1 aromatic heterocycles. The quantitative estimate of drug-likeness (QED) is 0.574. The number of fused-ring (bicyclic) bond motifs is 1. The summed E-state index contributed by atoms with van der Waals surface area (Å²) in [7, 11) is 1.96. The molecule has 29 heavy (non-hydrogen) atoms. The van der Waals surface area contributed by atoms with Gasteiger partial charge in [-0.2, -0.15) is 0 Å². The van der Waals surface area contributed by atoms with E-state index in [0.717, 1.165) is 52.3 Å². The van der Waals surface area contributed by atoms with Gasteiger partial charge < -0.3 is 16.0 Å². The largest absolute Gasteiger partial charge is 0.383 e. The summed E-state index contributed by atoms with van der Waals surface area (Å²) >= 11 is 1.78. The third-order valence-corrected chi connectivity index (χ3v) is 6.93. The Morgan fingerprint density at radius 2 is 2.10 bits per heavy atom. The summed E-state index contributed by atoms with van der Waals surface area (Å²) in [5.74, 6) is 1.98. The molecule has 0 fully saturated rings. The van der Waals surface area contributed by atoms with E-state index in [2.05, 4.69) is 47.0 Å². The molecule has 0 saturated carbocycles. The number of hydrogen-bond donors (Lipinski definition) is 2. The van der Waals surface area contributed by atoms with E-state index in [9.17, 15) is 4.79 Å². The summed E-state index contributed by atoms with van der Waals surface area (Å²) in [5.41, 5.74) is 10.3. The smallest absolute Gasteiger partial charge is 0.161 e. The number of nitrogens with two attached hydrogens (primary N) is 1. The molecule has 2 aromatic rings. The first kappa shape index (κ1) is 20.2. The SMILES string of the molecule is CNCCSc1c(N2CC(C)C3=C2CC(C)(C)CC3=O)ccc2c(N)ncnc12. The van der Waals surface area contributed by atoms with Crippen molar-refractivity contribution < 1.29 is 4.79 Å². The van der Waals surface area contributed by atoms with E-state index in [-0.39, 0.29) is 11.3 Å². The van der Waals surface area contributed by atoms with Gasteiger partial charge in [-0.1, -0.05) is 20.8 Å². The van der Waals surface area contributed by atoms with E-state index in [1.54, 1.807) is 11.8 Å². The van der Waals surface area contributed by atoms with Gasteiger partial charge in [0.25, 0.3) is 0 Å². The van der Waals surface area contributed by atoms with Crippen molar-refractivity contribution in [3.63, 3.8) is 0 Å². The maximum absolute atomic E-state index is 12.9. The van der Waals surface area contributed by atoms with Crippen LogP contribution in [0, 0.1) is 11.3 Å². The molecule has 3 N–H and O–H groups in total. The summed E-state index contributed by atoms with van der Waals surface area (Å²) in [6.07, 6.45) is 3.09. The van der Waals surface area contributed by atoms with Crippen molar-refractivity contribution in [3.8, 4) is 0 Å². The average molecular weight is 412 g/mol. The Balaban J connectivity index is 1.85. The Bertz CT molecular complexity index is 1000. The lowest BCUT2D eigenvalue weighted by Crippen LogP contribution is -2.29. The number of nitrogen functional groups attached to an aromatic ring is 1. The fraction of sp³-hybridized carbons (Fsp3) is 0.500. The third-order valence-electron chi connectivity index (χ3n) is 5.83. The van der Waals surface area contributed by atoms with E-state index in [1.807, 2.05) is 13.1 Å². The van der Waals surface area contributed by atoms with Gasteiger partial charge >= 0.3 is 0 Å². The van der Waals surface area contributed by atoms with Crippen LogP contribution < -0.4 is 16.0 Å². The van der Waals surface area contributed by atoms with Crippen molar-refractivity contribution in [2.24, 2.45) is 11.3 Å². The number of allylic oxidation sites excluding steroid dienone is 1. The Labute approximate surface area is 176 Å². The second kappa shape index (κ2) is 7.61. The molecule has 7 heteroatoms. The molecule has 2 heterocycles. The van der Waals surface area contributed by atoms with Crippen LogP contribution in [0.2, 0.25) is 0 Å². The number of anilines is 2. The van der Waals surface area contributed by atoms with Crippen molar-refractivity contribution in [1.29, 1.82) is 0 Å². The second-order valence-corrected chi connectivity index (χ2v) is 9.94. The van der Waals surface area contributed by atoms with Crippen LogP contribution in [-0.4, -0.2) is 41.6 Å². The molecule has 1 unspecified atom stereocenters. The molecular formula is C22H29N5OS. The van der Waals surface area contributed by atoms with Crippen LogP contribution in [0.4, 0.5) is 11.5 Å². The molecule has 6 nitrogen and oxygen atoms in total. The third kappa shape index (κ3) is 3.62. The highest BCUT2D eigenvalue weighted by Gasteiger charge is 2.42. The number of benzene rings is 1. The highest BCUT2D eigenvalue weighted by molar-refractivity contribution is 7.99. The van der Waals surface area contributed by atoms with Crippen LogP contribution in [0.1, 0.15) is 33.6 Å². The lowest BCUT2D eigenvalue weighted by atomic mass is 9.74. The molecule has 1 aromatic carbocycles. The van der Waals surface area contributed by atoms with Gasteiger partial charge in [0.2, 0.25) is 0 Å². The summed E-state index contributed by atoms with van der Waals surface area (Å²) < 4.78 is 0. The molecular weight excluding hydrogens is 382 g/mol. The Morgan fingerprint density at radius 3 is 2.86 bits per heavy atom. The first-order chi connectivity index (χ1) is 13.8. The van der Waals surface area contributed by atoms with Crippen LogP contribution in [-0.2, 0) is 4.79 Å². The molecule has 154 valence electrons. The highest BCUT2D eigenvalue weighted by atomic mass is 32.2. The summed E-state index contributed by atoms with van der Waals surface area (Å²) in [4.78, 5) is 25.1. The lowest BCUT2D eigenvalue weighted by Gasteiger charge is -2.34. The van der Waals surface area contributed by atoms with Crippen LogP contribution in [0.3, 0.4) is 0 Å². The van der Waals surface area contributed by atoms with Gasteiger partial charge in [0.15, 0.2) is 5.78 Å². The van der Waals surface area contributed by atoms with Crippen LogP contribution in [0.25, 0.3) is 10.9 Å². The summed E-state index contributed by atoms with van der Waals surface area (Å²) in [6.45, 7) is 8.27. The van der Waals surface area contributed by atoms with E-state index in [0.29, 0.717) is 18.0 Å². The van der Waals surface area contributed by atoms with Crippen LogP contribution >= 0.6 is 11.8 Å². The van der Waals surface area contributed by atoms with Crippen molar-refractivity contribution in [2.75, 3.05) is 36.5 Å². The minimum absolute atomic E-state index is 0.0128. The van der Waals surface area contributed by atoms with Crippen molar-refractivity contribution >= 4 is 40.0 Å². The zero-order chi connectivity index (χ0) is 20.8. The van der Waals surface area contributed by atoms with Gasteiger partial charge in [-0.05, 0) is 31.0 Å². The standard InChI is InChI=1S/C22H29N5OS/c1-13-11-27(16-9-22(2,3)10-17(28)18(13)16)15-6-5-14-19(25-12-26-21(14)23)20(15)29-8-7-24-4/h5-6,12-13,24H,7-11H2,1-4H3,(H2,23,25,26). The van der Waals surface area contributed by atoms with E-state index < -0.39 is 0 Å². The number of nitrogens with zero attached hydrogens (tertiary/aromatic N) is 3. The number of Topliss-reactive ketones (excluding diaryl/α,β-unsaturated/α-hetero) is 1. The average Bonchev–Trinajstić information content (AvgIpc) is 2.97. The van der Waals surface area contributed by atoms with E-state index in [4.69, 9.17) is 5.73 Å². The second-order valence-electron chi connectivity index (χ2n) is 8.83. The molecule has 0 bridgehead atoms. The Kier molecular flexibility index (Phi) is 5.29. The molecule has 2 aliphatic rings. The molecule has 0 radical (unpaired) electrons. The number of rotatable bonds is 5. The maximum atomic E-state index is 12.9. The van der Waals surface area contributed by atoms with Gasteiger partial charge in [-0.25, -0.2) is 9.97 Å². The Morgan fingerprint density at radius 1 is 1.31 bits per heavy atom. The lowest BCUT2D eigenvalue weighted by molar-refractivity contribution is -0.118. The minimum atomic E-state index is -0.0128. The van der Waals surface area contributed by atoms with Gasteiger partial charge in [-0.3, -0.25) is 4.79 Å². The number of ketones is 1. The predicted octanol–water partition coefficient (Wildman–Crippen LogP) is 3.62. The monoisotopic (exact) mass is 411 g/mol. The number of nitrogens with one attached hydrogen (secondary N) is 1. The number of carbonyl (C=O) groups excluding carboxylic acids is 1. The molecule has 1 aliphatic carbocycles. The summed E-state index contributed by atoms with van der Waals surface area (Å²) in [6, 6.07) is 4.14. The van der Waals surface area contributed by atoms with Gasteiger partial charge in [0, 0.05) is 47.8 Å². The highest BCUT2D eigenvalue weighted by Crippen LogP contribution is 2.48. The fourth-order valence-electron chi connectivity index (χ4n) is 4.54. The molecule has 4 rings (SSSR count). The normalized spacial score (nSPS) is 21.2. The number of thioether (sulfide) groups is 1. The van der Waals surface area contributed by atoms with Gasteiger partial charge in [-0.15, -0.1) is 11.8 Å². The van der Waals surface area contributed by atoms with Crippen molar-refractivity contribution in [3.05, 3.63) is 29.7 Å². The minimum Gasteiger partial charge on any atom is -0.383 e. The zero-order valence-electron chi connectivity index (χ0n) is 17.6. The summed E-state index contributed by atoms with van der Waals surface area (Å²) in [5, 5.41) is 4.09. The zero-order valence-corrected chi connectivity index (χ0v) is 18.4. The fourth-order valence-corrected chi connectivity index (χ4v) is 5.68. The molecule has 0 saturated heterocycles. The molecule has 1 atom stereocenters. The number of carbonyl (C=O) groups is 1. The number of aromatic nitrogens is 2. The first-order valence-electron chi connectivity index (χ1n) is 10.2. The number of hydrogen-bond acceptors (Lipinski definition) is 7. The van der Waals surface area contributed by atoms with E-state index in [1.165, 1.54) is 12.0 Å². The van der Waals surface area contributed by atoms with Crippen LogP contribution in [0.5, 0.6) is 0 Å².